The summed E-state index contributed by atoms with van der Waals surface area (Å²) in [6.45, 7) is 2.25. The predicted octanol–water partition coefficient (Wildman–Crippen LogP) is 4.17. The van der Waals surface area contributed by atoms with Crippen LogP contribution in [0.2, 0.25) is 0 Å². The second-order valence-electron chi connectivity index (χ2n) is 6.19. The zero-order chi connectivity index (χ0) is 15.9. The van der Waals surface area contributed by atoms with Gasteiger partial charge in [0.25, 0.3) is 0 Å². The highest BCUT2D eigenvalue weighted by Crippen LogP contribution is 2.26. The third-order valence-corrected chi connectivity index (χ3v) is 4.52. The topological polar surface area (TPSA) is 32.3 Å². The highest BCUT2D eigenvalue weighted by atomic mass is 16.2. The molecule has 2 aromatic rings. The van der Waals surface area contributed by atoms with E-state index in [9.17, 15) is 4.79 Å². The van der Waals surface area contributed by atoms with Gasteiger partial charge in [-0.2, -0.15) is 0 Å². The summed E-state index contributed by atoms with van der Waals surface area (Å²) < 4.78 is 0. The maximum absolute atomic E-state index is 12.5. The molecule has 0 aliphatic carbocycles. The molecule has 0 aromatic heterocycles. The van der Waals surface area contributed by atoms with Crippen molar-refractivity contribution in [3.63, 3.8) is 0 Å². The van der Waals surface area contributed by atoms with Gasteiger partial charge in [0.2, 0.25) is 0 Å². The highest BCUT2D eigenvalue weighted by Gasteiger charge is 2.22. The van der Waals surface area contributed by atoms with Crippen molar-refractivity contribution in [2.75, 3.05) is 13.1 Å². The molecule has 1 saturated heterocycles. The third kappa shape index (κ3) is 4.35. The van der Waals surface area contributed by atoms with Crippen molar-refractivity contribution in [2.45, 2.75) is 31.7 Å². The number of hydrogen-bond acceptors (Lipinski definition) is 1. The number of amides is 2. The molecule has 1 aliphatic heterocycles. The average molecular weight is 308 g/mol. The smallest absolute Gasteiger partial charge is 0.317 e. The molecule has 0 radical (unpaired) electrons. The number of carbonyl (C=O) groups is 1. The minimum Gasteiger partial charge on any atom is -0.334 e. The first-order chi connectivity index (χ1) is 11.3. The van der Waals surface area contributed by atoms with Crippen LogP contribution in [0.4, 0.5) is 4.79 Å². The van der Waals surface area contributed by atoms with Crippen LogP contribution >= 0.6 is 0 Å². The Balaban J connectivity index is 1.60. The fourth-order valence-corrected chi connectivity index (χ4v) is 3.21. The molecule has 1 aliphatic rings. The van der Waals surface area contributed by atoms with Crippen LogP contribution in [0.25, 0.3) is 0 Å². The Kier molecular flexibility index (Phi) is 5.30. The van der Waals surface area contributed by atoms with Crippen LogP contribution in [-0.4, -0.2) is 24.0 Å². The quantitative estimate of drug-likeness (QED) is 0.907. The summed E-state index contributed by atoms with van der Waals surface area (Å²) in [5, 5.41) is 3.06. The molecule has 0 spiro atoms. The Bertz CT molecular complexity index is 612. The molecule has 1 fully saturated rings. The first kappa shape index (κ1) is 15.6. The van der Waals surface area contributed by atoms with E-state index in [4.69, 9.17) is 0 Å². The maximum atomic E-state index is 12.5. The van der Waals surface area contributed by atoms with E-state index in [1.165, 1.54) is 12.0 Å². The number of urea groups is 1. The number of nitrogens with zero attached hydrogens (tertiary/aromatic N) is 1. The van der Waals surface area contributed by atoms with E-state index in [1.807, 2.05) is 41.3 Å². The Morgan fingerprint density at radius 1 is 1.00 bits per heavy atom. The van der Waals surface area contributed by atoms with Gasteiger partial charge in [0.15, 0.2) is 0 Å². The lowest BCUT2D eigenvalue weighted by Gasteiger charge is -2.25. The van der Waals surface area contributed by atoms with Crippen molar-refractivity contribution in [2.24, 2.45) is 0 Å². The fourth-order valence-electron chi connectivity index (χ4n) is 3.21. The minimum atomic E-state index is 0.0525. The predicted molar refractivity (Wildman–Crippen MR) is 93.3 cm³/mol. The Labute approximate surface area is 138 Å². The normalized spacial score (nSPS) is 18.3. The van der Waals surface area contributed by atoms with Crippen LogP contribution in [0.1, 0.15) is 36.3 Å². The van der Waals surface area contributed by atoms with Gasteiger partial charge in [-0.3, -0.25) is 0 Å². The number of rotatable bonds is 3. The van der Waals surface area contributed by atoms with E-state index in [-0.39, 0.29) is 6.03 Å². The average Bonchev–Trinajstić information content (AvgIpc) is 2.88. The van der Waals surface area contributed by atoms with E-state index in [1.54, 1.807) is 0 Å². The molecule has 1 unspecified atom stereocenters. The molecule has 3 rings (SSSR count). The molecular weight excluding hydrogens is 284 g/mol. The van der Waals surface area contributed by atoms with E-state index in [2.05, 4.69) is 29.6 Å². The molecule has 2 amide bonds. The number of nitrogens with one attached hydrogen (secondary N) is 1. The molecule has 3 nitrogen and oxygen atoms in total. The number of hydrogen-bond donors (Lipinski definition) is 1. The van der Waals surface area contributed by atoms with Crippen LogP contribution in [0.3, 0.4) is 0 Å². The molecule has 120 valence electrons. The molecule has 0 bridgehead atoms. The fraction of sp³-hybridized carbons (Fsp3) is 0.350. The summed E-state index contributed by atoms with van der Waals surface area (Å²) >= 11 is 0. The second kappa shape index (κ2) is 7.82. The summed E-state index contributed by atoms with van der Waals surface area (Å²) in [6.07, 6.45) is 3.43. The second-order valence-corrected chi connectivity index (χ2v) is 6.19. The Morgan fingerprint density at radius 2 is 1.70 bits per heavy atom. The van der Waals surface area contributed by atoms with Crippen molar-refractivity contribution in [3.8, 4) is 0 Å². The van der Waals surface area contributed by atoms with E-state index in [0.29, 0.717) is 12.5 Å². The first-order valence-corrected chi connectivity index (χ1v) is 8.44. The van der Waals surface area contributed by atoms with Gasteiger partial charge in [-0.05, 0) is 24.0 Å². The van der Waals surface area contributed by atoms with Gasteiger partial charge in [-0.25, -0.2) is 4.79 Å². The number of benzene rings is 2. The molecule has 23 heavy (non-hydrogen) atoms. The standard InChI is InChI=1S/C20H24N2O/c23-20(21-15-17-9-3-1-4-10-17)22-14-8-7-13-19(16-22)18-11-5-2-6-12-18/h1-6,9-12,19H,7-8,13-16H2,(H,21,23). The summed E-state index contributed by atoms with van der Waals surface area (Å²) in [5.41, 5.74) is 2.48. The van der Waals surface area contributed by atoms with Crippen molar-refractivity contribution in [1.82, 2.24) is 10.2 Å². The Morgan fingerprint density at radius 3 is 2.43 bits per heavy atom. The zero-order valence-corrected chi connectivity index (χ0v) is 13.4. The lowest BCUT2D eigenvalue weighted by molar-refractivity contribution is 0.197. The van der Waals surface area contributed by atoms with Crippen LogP contribution in [-0.2, 0) is 6.54 Å². The van der Waals surface area contributed by atoms with Crippen LogP contribution in [0.15, 0.2) is 60.7 Å². The SMILES string of the molecule is O=C(NCc1ccccc1)N1CCCCC(c2ccccc2)C1. The van der Waals surface area contributed by atoms with Gasteiger partial charge < -0.3 is 10.2 Å². The van der Waals surface area contributed by atoms with Crippen LogP contribution < -0.4 is 5.32 Å². The summed E-state index contributed by atoms with van der Waals surface area (Å²) in [4.78, 5) is 14.5. The van der Waals surface area contributed by atoms with Gasteiger partial charge >= 0.3 is 6.03 Å². The highest BCUT2D eigenvalue weighted by molar-refractivity contribution is 5.74. The summed E-state index contributed by atoms with van der Waals surface area (Å²) in [7, 11) is 0. The van der Waals surface area contributed by atoms with E-state index >= 15 is 0 Å². The maximum Gasteiger partial charge on any atom is 0.317 e. The van der Waals surface area contributed by atoms with Gasteiger partial charge in [0.1, 0.15) is 0 Å². The van der Waals surface area contributed by atoms with E-state index < -0.39 is 0 Å². The molecule has 1 N–H and O–H groups in total. The van der Waals surface area contributed by atoms with Crippen LogP contribution in [0.5, 0.6) is 0 Å². The molecule has 3 heteroatoms. The van der Waals surface area contributed by atoms with Gasteiger partial charge in [-0.15, -0.1) is 0 Å². The van der Waals surface area contributed by atoms with Crippen molar-refractivity contribution < 1.29 is 4.79 Å². The minimum absolute atomic E-state index is 0.0525. The van der Waals surface area contributed by atoms with Gasteiger partial charge in [-0.1, -0.05) is 67.1 Å². The molecule has 1 heterocycles. The van der Waals surface area contributed by atoms with Crippen molar-refractivity contribution in [1.29, 1.82) is 0 Å². The molecule has 2 aromatic carbocycles. The van der Waals surface area contributed by atoms with E-state index in [0.717, 1.165) is 31.5 Å². The monoisotopic (exact) mass is 308 g/mol. The molecule has 1 atom stereocenters. The third-order valence-electron chi connectivity index (χ3n) is 4.52. The Hall–Kier alpha value is -2.29. The van der Waals surface area contributed by atoms with Crippen LogP contribution in [0, 0.1) is 0 Å². The molecule has 0 saturated carbocycles. The lowest BCUT2D eigenvalue weighted by Crippen LogP contribution is -2.41. The summed E-state index contributed by atoms with van der Waals surface area (Å²) in [5.74, 6) is 0.446. The molecular formula is C20H24N2O. The van der Waals surface area contributed by atoms with Crippen molar-refractivity contribution in [3.05, 3.63) is 71.8 Å². The number of carbonyl (C=O) groups excluding carboxylic acids is 1. The van der Waals surface area contributed by atoms with Gasteiger partial charge in [0, 0.05) is 25.6 Å². The summed E-state index contributed by atoms with van der Waals surface area (Å²) in [6, 6.07) is 20.7. The lowest BCUT2D eigenvalue weighted by atomic mass is 9.94. The first-order valence-electron chi connectivity index (χ1n) is 8.44. The zero-order valence-electron chi connectivity index (χ0n) is 13.4. The largest absolute Gasteiger partial charge is 0.334 e. The van der Waals surface area contributed by atoms with Crippen molar-refractivity contribution >= 4 is 6.03 Å². The van der Waals surface area contributed by atoms with Gasteiger partial charge in [0.05, 0.1) is 0 Å². The number of likely N-dealkylation sites (tertiary alicyclic amines) is 1.